The van der Waals surface area contributed by atoms with Crippen LogP contribution >= 0.6 is 11.3 Å². The van der Waals surface area contributed by atoms with Crippen LogP contribution in [-0.2, 0) is 6.42 Å². The highest BCUT2D eigenvalue weighted by Gasteiger charge is 2.23. The van der Waals surface area contributed by atoms with Gasteiger partial charge in [-0.25, -0.2) is 4.98 Å². The number of aromatic amines is 1. The zero-order valence-electron chi connectivity index (χ0n) is 11.6. The summed E-state index contributed by atoms with van der Waals surface area (Å²) in [4.78, 5) is 20.5. The normalized spacial score (nSPS) is 12.4. The summed E-state index contributed by atoms with van der Waals surface area (Å²) < 4.78 is 0. The number of carbonyl (C=O) groups is 1. The summed E-state index contributed by atoms with van der Waals surface area (Å²) in [5.41, 5.74) is 0. The van der Waals surface area contributed by atoms with Gasteiger partial charge in [-0.3, -0.25) is 9.89 Å². The molecule has 0 aromatic carbocycles. The third kappa shape index (κ3) is 2.84. The van der Waals surface area contributed by atoms with Gasteiger partial charge in [-0.05, 0) is 26.0 Å². The second-order valence-electron chi connectivity index (χ2n) is 4.50. The second kappa shape index (κ2) is 5.52. The van der Waals surface area contributed by atoms with Gasteiger partial charge in [0.2, 0.25) is 5.82 Å². The van der Waals surface area contributed by atoms with Gasteiger partial charge >= 0.3 is 0 Å². The molecule has 1 N–H and O–H groups in total. The molecule has 0 saturated carbocycles. The molecule has 5 nitrogen and oxygen atoms in total. The lowest BCUT2D eigenvalue weighted by molar-refractivity contribution is 0.0733. The van der Waals surface area contributed by atoms with E-state index >= 15 is 0 Å². The van der Waals surface area contributed by atoms with Crippen molar-refractivity contribution in [2.45, 2.75) is 33.2 Å². The van der Waals surface area contributed by atoms with Crippen molar-refractivity contribution in [1.29, 1.82) is 0 Å². The lowest BCUT2D eigenvalue weighted by atomic mass is 10.2. The number of hydrogen-bond donors (Lipinski definition) is 1. The Morgan fingerprint density at radius 1 is 1.53 bits per heavy atom. The van der Waals surface area contributed by atoms with Gasteiger partial charge in [0, 0.05) is 23.2 Å². The maximum atomic E-state index is 12.3. The maximum absolute atomic E-state index is 12.3. The molecule has 0 aliphatic heterocycles. The Labute approximate surface area is 116 Å². The number of aryl methyl sites for hydroxylation is 2. The Morgan fingerprint density at radius 2 is 2.26 bits per heavy atom. The number of hydrogen-bond acceptors (Lipinski definition) is 4. The van der Waals surface area contributed by atoms with Gasteiger partial charge in [-0.1, -0.05) is 6.92 Å². The molecule has 2 aromatic heterocycles. The first kappa shape index (κ1) is 13.7. The summed E-state index contributed by atoms with van der Waals surface area (Å²) in [5.74, 6) is 0.811. The SMILES string of the molecule is CCc1nc(C(=O)N(C)C(C)c2ccc(C)s2)n[nH]1. The van der Waals surface area contributed by atoms with Crippen LogP contribution in [0.3, 0.4) is 0 Å². The van der Waals surface area contributed by atoms with E-state index < -0.39 is 0 Å². The Bertz CT molecular complexity index is 575. The first-order chi connectivity index (χ1) is 9.02. The van der Waals surface area contributed by atoms with Crippen LogP contribution < -0.4 is 0 Å². The molecule has 1 unspecified atom stereocenters. The molecule has 0 aliphatic rings. The Kier molecular flexibility index (Phi) is 3.99. The first-order valence-electron chi connectivity index (χ1n) is 6.27. The van der Waals surface area contributed by atoms with E-state index in [0.29, 0.717) is 0 Å². The highest BCUT2D eigenvalue weighted by Crippen LogP contribution is 2.26. The minimum absolute atomic E-state index is 0.0229. The van der Waals surface area contributed by atoms with E-state index in [0.717, 1.165) is 12.2 Å². The molecule has 1 amide bonds. The number of carbonyl (C=O) groups excluding carboxylic acids is 1. The molecule has 6 heteroatoms. The average molecular weight is 278 g/mol. The van der Waals surface area contributed by atoms with Gasteiger partial charge in [0.15, 0.2) is 0 Å². The van der Waals surface area contributed by atoms with E-state index in [1.807, 2.05) is 13.8 Å². The van der Waals surface area contributed by atoms with Crippen molar-refractivity contribution in [3.8, 4) is 0 Å². The minimum atomic E-state index is -0.158. The molecular formula is C13H18N4OS. The lowest BCUT2D eigenvalue weighted by Crippen LogP contribution is -2.30. The number of nitrogens with zero attached hydrogens (tertiary/aromatic N) is 3. The minimum Gasteiger partial charge on any atom is -0.331 e. The van der Waals surface area contributed by atoms with Crippen molar-refractivity contribution in [1.82, 2.24) is 20.1 Å². The fraction of sp³-hybridized carbons (Fsp3) is 0.462. The number of thiophene rings is 1. The molecule has 0 bridgehead atoms. The quantitative estimate of drug-likeness (QED) is 0.935. The van der Waals surface area contributed by atoms with Crippen molar-refractivity contribution in [3.05, 3.63) is 33.5 Å². The second-order valence-corrected chi connectivity index (χ2v) is 5.82. The zero-order valence-corrected chi connectivity index (χ0v) is 12.4. The van der Waals surface area contributed by atoms with Crippen LogP contribution in [-0.4, -0.2) is 33.0 Å². The molecule has 0 saturated heterocycles. The standard InChI is InChI=1S/C13H18N4OS/c1-5-11-14-12(16-15-11)13(18)17(4)9(3)10-7-6-8(2)19-10/h6-7,9H,5H2,1-4H3,(H,14,15,16). The molecule has 2 heterocycles. The van der Waals surface area contributed by atoms with Crippen LogP contribution in [0.4, 0.5) is 0 Å². The largest absolute Gasteiger partial charge is 0.331 e. The topological polar surface area (TPSA) is 61.9 Å². The number of H-pyrrole nitrogens is 1. The highest BCUT2D eigenvalue weighted by atomic mass is 32.1. The third-order valence-corrected chi connectivity index (χ3v) is 4.30. The first-order valence-corrected chi connectivity index (χ1v) is 7.09. The highest BCUT2D eigenvalue weighted by molar-refractivity contribution is 7.12. The molecule has 0 aliphatic carbocycles. The van der Waals surface area contributed by atoms with Crippen molar-refractivity contribution in [2.75, 3.05) is 7.05 Å². The number of rotatable bonds is 4. The molecule has 2 rings (SSSR count). The summed E-state index contributed by atoms with van der Waals surface area (Å²) in [5, 5.41) is 6.73. The van der Waals surface area contributed by atoms with Crippen LogP contribution in [0.5, 0.6) is 0 Å². The maximum Gasteiger partial charge on any atom is 0.293 e. The van der Waals surface area contributed by atoms with Crippen LogP contribution in [0.2, 0.25) is 0 Å². The van der Waals surface area contributed by atoms with E-state index in [-0.39, 0.29) is 17.8 Å². The van der Waals surface area contributed by atoms with E-state index in [9.17, 15) is 4.79 Å². The lowest BCUT2D eigenvalue weighted by Gasteiger charge is -2.22. The molecule has 0 fully saturated rings. The van der Waals surface area contributed by atoms with E-state index in [1.165, 1.54) is 9.75 Å². The molecule has 2 aromatic rings. The third-order valence-electron chi connectivity index (χ3n) is 3.13. The molecule has 102 valence electrons. The fourth-order valence-corrected chi connectivity index (χ4v) is 2.72. The monoisotopic (exact) mass is 278 g/mol. The Morgan fingerprint density at radius 3 is 2.79 bits per heavy atom. The van der Waals surface area contributed by atoms with Gasteiger partial charge in [-0.2, -0.15) is 0 Å². The van der Waals surface area contributed by atoms with Gasteiger partial charge in [0.25, 0.3) is 5.91 Å². The zero-order chi connectivity index (χ0) is 14.0. The predicted octanol–water partition coefficient (Wildman–Crippen LogP) is 2.57. The van der Waals surface area contributed by atoms with Crippen LogP contribution in [0.25, 0.3) is 0 Å². The van der Waals surface area contributed by atoms with Gasteiger partial charge in [0.1, 0.15) is 5.82 Å². The average Bonchev–Trinajstić information content (AvgIpc) is 3.04. The van der Waals surface area contributed by atoms with E-state index in [1.54, 1.807) is 23.3 Å². The summed E-state index contributed by atoms with van der Waals surface area (Å²) in [6, 6.07) is 4.15. The van der Waals surface area contributed by atoms with Crippen LogP contribution in [0.15, 0.2) is 12.1 Å². The summed E-state index contributed by atoms with van der Waals surface area (Å²) in [6.07, 6.45) is 0.740. The van der Waals surface area contributed by atoms with Gasteiger partial charge in [-0.15, -0.1) is 16.4 Å². The molecule has 0 spiro atoms. The number of amides is 1. The molecule has 0 radical (unpaired) electrons. The smallest absolute Gasteiger partial charge is 0.293 e. The van der Waals surface area contributed by atoms with Crippen molar-refractivity contribution in [2.24, 2.45) is 0 Å². The Balaban J connectivity index is 2.14. The van der Waals surface area contributed by atoms with Crippen molar-refractivity contribution < 1.29 is 4.79 Å². The van der Waals surface area contributed by atoms with Gasteiger partial charge in [0.05, 0.1) is 6.04 Å². The van der Waals surface area contributed by atoms with Gasteiger partial charge < -0.3 is 4.90 Å². The van der Waals surface area contributed by atoms with Crippen molar-refractivity contribution >= 4 is 17.2 Å². The molecule has 19 heavy (non-hydrogen) atoms. The molecular weight excluding hydrogens is 260 g/mol. The van der Waals surface area contributed by atoms with Crippen molar-refractivity contribution in [3.63, 3.8) is 0 Å². The fourth-order valence-electron chi connectivity index (χ4n) is 1.75. The van der Waals surface area contributed by atoms with Crippen LogP contribution in [0, 0.1) is 6.92 Å². The summed E-state index contributed by atoms with van der Waals surface area (Å²) >= 11 is 1.70. The predicted molar refractivity (Wildman–Crippen MR) is 75.3 cm³/mol. The summed E-state index contributed by atoms with van der Waals surface area (Å²) in [7, 11) is 1.78. The van der Waals surface area contributed by atoms with E-state index in [2.05, 4.69) is 34.2 Å². The summed E-state index contributed by atoms with van der Waals surface area (Å²) in [6.45, 7) is 6.04. The van der Waals surface area contributed by atoms with E-state index in [4.69, 9.17) is 0 Å². The molecule has 1 atom stereocenters. The Hall–Kier alpha value is -1.69. The number of aromatic nitrogens is 3. The van der Waals surface area contributed by atoms with Crippen LogP contribution in [0.1, 0.15) is 46.1 Å². The number of nitrogens with one attached hydrogen (secondary N) is 1.